The lowest BCUT2D eigenvalue weighted by Crippen LogP contribution is -2.47. The van der Waals surface area contributed by atoms with E-state index in [2.05, 4.69) is 15.6 Å². The number of carbonyl (C=O) groups is 1. The summed E-state index contributed by atoms with van der Waals surface area (Å²) < 4.78 is 47.9. The van der Waals surface area contributed by atoms with Crippen molar-refractivity contribution < 1.29 is 27.1 Å². The van der Waals surface area contributed by atoms with Crippen LogP contribution in [0.4, 0.5) is 18.9 Å². The van der Waals surface area contributed by atoms with Crippen molar-refractivity contribution in [2.24, 2.45) is 5.41 Å². The highest BCUT2D eigenvalue weighted by Gasteiger charge is 2.40. The highest BCUT2D eigenvalue weighted by molar-refractivity contribution is 5.97. The van der Waals surface area contributed by atoms with E-state index in [9.17, 15) is 18.0 Å². The Labute approximate surface area is 153 Å². The van der Waals surface area contributed by atoms with Gasteiger partial charge in [-0.15, -0.1) is 12.4 Å². The highest BCUT2D eigenvalue weighted by atomic mass is 35.5. The molecule has 10 heteroatoms. The third-order valence-corrected chi connectivity index (χ3v) is 4.35. The zero-order valence-electron chi connectivity index (χ0n) is 14.0. The molecule has 0 unspecified atom stereocenters. The van der Waals surface area contributed by atoms with Crippen LogP contribution >= 0.6 is 12.4 Å². The van der Waals surface area contributed by atoms with Crippen LogP contribution in [-0.2, 0) is 15.7 Å². The Balaban J connectivity index is 0.00000243. The molecule has 1 amide bonds. The first kappa shape index (κ1) is 20.5. The largest absolute Gasteiger partial charge is 0.468 e. The number of methoxy groups -OCH3 is 1. The number of ether oxygens (including phenoxy) is 1. The first-order chi connectivity index (χ1) is 11.8. The fourth-order valence-corrected chi connectivity index (χ4v) is 3.01. The van der Waals surface area contributed by atoms with Crippen LogP contribution in [-0.4, -0.2) is 37.7 Å². The third-order valence-electron chi connectivity index (χ3n) is 4.35. The van der Waals surface area contributed by atoms with Crippen LogP contribution in [0.2, 0.25) is 0 Å². The van der Waals surface area contributed by atoms with Crippen LogP contribution in [0.5, 0.6) is 0 Å². The molecule has 0 radical (unpaired) electrons. The topological polar surface area (TPSA) is 76.4 Å². The van der Waals surface area contributed by atoms with Crippen molar-refractivity contribution in [2.75, 3.05) is 32.1 Å². The van der Waals surface area contributed by atoms with Gasteiger partial charge in [-0.1, -0.05) is 0 Å². The first-order valence-corrected chi connectivity index (χ1v) is 7.83. The summed E-state index contributed by atoms with van der Waals surface area (Å²) in [6.07, 6.45) is -3.41. The van der Waals surface area contributed by atoms with Crippen LogP contribution in [0.15, 0.2) is 22.6 Å². The Kier molecular flexibility index (Phi) is 6.15. The van der Waals surface area contributed by atoms with E-state index in [4.69, 9.17) is 9.15 Å². The number of carbonyl (C=O) groups excluding carboxylic acids is 1. The highest BCUT2D eigenvalue weighted by Crippen LogP contribution is 2.33. The predicted molar refractivity (Wildman–Crippen MR) is 91.3 cm³/mol. The third kappa shape index (κ3) is 4.11. The van der Waals surface area contributed by atoms with E-state index in [1.807, 2.05) is 0 Å². The molecule has 0 saturated carbocycles. The van der Waals surface area contributed by atoms with Crippen LogP contribution < -0.4 is 10.6 Å². The van der Waals surface area contributed by atoms with Gasteiger partial charge in [0, 0.05) is 12.8 Å². The van der Waals surface area contributed by atoms with Gasteiger partial charge in [-0.05, 0) is 44.1 Å². The van der Waals surface area contributed by atoms with Gasteiger partial charge in [-0.2, -0.15) is 13.2 Å². The smallest absolute Gasteiger partial charge is 0.433 e. The number of benzene rings is 1. The minimum atomic E-state index is -4.65. The van der Waals surface area contributed by atoms with E-state index in [1.54, 1.807) is 0 Å². The zero-order valence-corrected chi connectivity index (χ0v) is 14.8. The van der Waals surface area contributed by atoms with E-state index in [0.29, 0.717) is 31.6 Å². The van der Waals surface area contributed by atoms with Gasteiger partial charge in [0.25, 0.3) is 0 Å². The summed E-state index contributed by atoms with van der Waals surface area (Å²) in [4.78, 5) is 16.2. The molecular weight excluding hydrogens is 375 g/mol. The van der Waals surface area contributed by atoms with Crippen molar-refractivity contribution in [1.29, 1.82) is 0 Å². The average Bonchev–Trinajstić information content (AvgIpc) is 2.99. The number of aromatic nitrogens is 1. The predicted octanol–water partition coefficient (Wildman–Crippen LogP) is 3.22. The van der Waals surface area contributed by atoms with E-state index < -0.39 is 17.5 Å². The SMILES string of the molecule is COCC1(C(=O)Nc2ccc3oc(C(F)(F)F)nc3c2)CCNCC1.Cl. The minimum Gasteiger partial charge on any atom is -0.433 e. The molecule has 0 bridgehead atoms. The van der Waals surface area contributed by atoms with Gasteiger partial charge in [0.1, 0.15) is 5.52 Å². The summed E-state index contributed by atoms with van der Waals surface area (Å²) in [5.41, 5.74) is -0.237. The fraction of sp³-hybridized carbons (Fsp3) is 0.500. The van der Waals surface area contributed by atoms with Crippen LogP contribution in [0.1, 0.15) is 18.7 Å². The zero-order chi connectivity index (χ0) is 18.1. The second kappa shape index (κ2) is 7.81. The molecule has 0 aliphatic carbocycles. The number of halogens is 4. The van der Waals surface area contributed by atoms with Gasteiger partial charge < -0.3 is 19.8 Å². The molecule has 0 spiro atoms. The Morgan fingerprint density at radius 2 is 2.08 bits per heavy atom. The lowest BCUT2D eigenvalue weighted by molar-refractivity contribution is -0.156. The average molecular weight is 394 g/mol. The van der Waals surface area contributed by atoms with Crippen molar-refractivity contribution in [2.45, 2.75) is 19.0 Å². The minimum absolute atomic E-state index is 0. The summed E-state index contributed by atoms with van der Waals surface area (Å²) in [5, 5.41) is 5.96. The lowest BCUT2D eigenvalue weighted by atomic mass is 9.78. The summed E-state index contributed by atoms with van der Waals surface area (Å²) in [7, 11) is 1.54. The number of fused-ring (bicyclic) bond motifs is 1. The Hall–Kier alpha value is -1.84. The summed E-state index contributed by atoms with van der Waals surface area (Å²) in [6.45, 7) is 1.69. The number of anilines is 1. The molecule has 1 aliphatic heterocycles. The Morgan fingerprint density at radius 1 is 1.38 bits per heavy atom. The summed E-state index contributed by atoms with van der Waals surface area (Å²) >= 11 is 0. The fourth-order valence-electron chi connectivity index (χ4n) is 3.01. The molecule has 1 aromatic heterocycles. The van der Waals surface area contributed by atoms with Crippen LogP contribution in [0.3, 0.4) is 0 Å². The number of hydrogen-bond acceptors (Lipinski definition) is 5. The standard InChI is InChI=1S/C16H18F3N3O3.ClH/c1-24-9-15(4-6-20-7-5-15)13(23)21-10-2-3-12-11(8-10)22-14(25-12)16(17,18)19;/h2-3,8,20H,4-7,9H2,1H3,(H,21,23);1H. The van der Waals surface area contributed by atoms with E-state index >= 15 is 0 Å². The van der Waals surface area contributed by atoms with Gasteiger partial charge in [-0.3, -0.25) is 4.79 Å². The number of nitrogens with zero attached hydrogens (tertiary/aromatic N) is 1. The maximum atomic E-state index is 12.7. The molecule has 6 nitrogen and oxygen atoms in total. The molecule has 0 atom stereocenters. The second-order valence-corrected chi connectivity index (χ2v) is 6.12. The van der Waals surface area contributed by atoms with E-state index in [1.165, 1.54) is 25.3 Å². The molecule has 144 valence electrons. The maximum absolute atomic E-state index is 12.7. The van der Waals surface area contributed by atoms with Gasteiger partial charge >= 0.3 is 12.1 Å². The number of nitrogens with one attached hydrogen (secondary N) is 2. The molecule has 1 aliphatic rings. The second-order valence-electron chi connectivity index (χ2n) is 6.12. The van der Waals surface area contributed by atoms with Gasteiger partial charge in [0.15, 0.2) is 5.58 Å². The summed E-state index contributed by atoms with van der Waals surface area (Å²) in [6, 6.07) is 4.22. The molecular formula is C16H19ClF3N3O3. The van der Waals surface area contributed by atoms with Gasteiger partial charge in [-0.25, -0.2) is 4.98 Å². The molecule has 2 heterocycles. The molecule has 3 rings (SSSR count). The number of rotatable bonds is 4. The molecule has 1 saturated heterocycles. The van der Waals surface area contributed by atoms with Crippen molar-refractivity contribution in [1.82, 2.24) is 10.3 Å². The van der Waals surface area contributed by atoms with Crippen molar-refractivity contribution in [3.8, 4) is 0 Å². The molecule has 26 heavy (non-hydrogen) atoms. The number of amides is 1. The Bertz CT molecular complexity index is 767. The van der Waals surface area contributed by atoms with Gasteiger partial charge in [0.2, 0.25) is 5.91 Å². The number of alkyl halides is 3. The van der Waals surface area contributed by atoms with Crippen LogP contribution in [0.25, 0.3) is 11.1 Å². The number of piperidine rings is 1. The van der Waals surface area contributed by atoms with Crippen molar-refractivity contribution >= 4 is 35.1 Å². The quantitative estimate of drug-likeness (QED) is 0.834. The first-order valence-electron chi connectivity index (χ1n) is 7.83. The normalized spacial score (nSPS) is 16.9. The van der Waals surface area contributed by atoms with E-state index in [0.717, 1.165) is 0 Å². The monoisotopic (exact) mass is 393 g/mol. The maximum Gasteiger partial charge on any atom is 0.468 e. The Morgan fingerprint density at radius 3 is 2.69 bits per heavy atom. The molecule has 1 aromatic carbocycles. The van der Waals surface area contributed by atoms with Gasteiger partial charge in [0.05, 0.1) is 12.0 Å². The van der Waals surface area contributed by atoms with Crippen molar-refractivity contribution in [3.63, 3.8) is 0 Å². The van der Waals surface area contributed by atoms with E-state index in [-0.39, 0.29) is 36.0 Å². The lowest BCUT2D eigenvalue weighted by Gasteiger charge is -2.35. The number of hydrogen-bond donors (Lipinski definition) is 2. The molecule has 1 fully saturated rings. The summed E-state index contributed by atoms with van der Waals surface area (Å²) in [5.74, 6) is -1.52. The molecule has 2 N–H and O–H groups in total. The van der Waals surface area contributed by atoms with Crippen LogP contribution in [0, 0.1) is 5.41 Å². The number of oxazole rings is 1. The van der Waals surface area contributed by atoms with Crippen molar-refractivity contribution in [3.05, 3.63) is 24.1 Å². The molecule has 2 aromatic rings.